The van der Waals surface area contributed by atoms with Crippen molar-refractivity contribution >= 4 is 23.8 Å². The number of cyclic esters (lactones) is 1. The monoisotopic (exact) mass is 601 g/mol. The van der Waals surface area contributed by atoms with E-state index in [1.165, 1.54) is 12.1 Å². The quantitative estimate of drug-likeness (QED) is 0.399. The van der Waals surface area contributed by atoms with Crippen molar-refractivity contribution in [3.05, 3.63) is 47.3 Å². The molecule has 1 amide bonds. The fraction of sp³-hybridized carbons (Fsp3) is 0.636. The van der Waals surface area contributed by atoms with E-state index < -0.39 is 24.3 Å². The van der Waals surface area contributed by atoms with Gasteiger partial charge >= 0.3 is 12.1 Å². The molecule has 0 saturated carbocycles. The summed E-state index contributed by atoms with van der Waals surface area (Å²) in [4.78, 5) is 31.9. The number of hydrogen-bond acceptors (Lipinski definition) is 8. The van der Waals surface area contributed by atoms with Crippen LogP contribution in [-0.2, 0) is 19.0 Å². The molecule has 0 aliphatic carbocycles. The van der Waals surface area contributed by atoms with Crippen LogP contribution in [0.2, 0.25) is 0 Å². The Morgan fingerprint density at radius 3 is 2.53 bits per heavy atom. The van der Waals surface area contributed by atoms with Gasteiger partial charge in [-0.3, -0.25) is 4.79 Å². The lowest BCUT2D eigenvalue weighted by Crippen LogP contribution is -2.48. The highest BCUT2D eigenvalue weighted by molar-refractivity contribution is 5.71. The number of piperazine rings is 1. The normalized spacial score (nSPS) is 31.0. The summed E-state index contributed by atoms with van der Waals surface area (Å²) in [6, 6.07) is 5.06. The Morgan fingerprint density at radius 1 is 1.07 bits per heavy atom. The largest absolute Gasteiger partial charge is 0.457 e. The first-order valence-electron chi connectivity index (χ1n) is 15.5. The van der Waals surface area contributed by atoms with Crippen molar-refractivity contribution in [1.82, 2.24) is 9.80 Å². The summed E-state index contributed by atoms with van der Waals surface area (Å²) < 4.78 is 32.2. The maximum absolute atomic E-state index is 14.8. The van der Waals surface area contributed by atoms with Gasteiger partial charge in [-0.15, -0.1) is 0 Å². The number of hydrogen-bond donors (Lipinski definition) is 1. The summed E-state index contributed by atoms with van der Waals surface area (Å²) in [5, 5.41) is 10.6. The highest BCUT2D eigenvalue weighted by Crippen LogP contribution is 2.28. The predicted molar refractivity (Wildman–Crippen MR) is 164 cm³/mol. The summed E-state index contributed by atoms with van der Waals surface area (Å²) in [6.45, 7) is 12.5. The van der Waals surface area contributed by atoms with Gasteiger partial charge < -0.3 is 34.0 Å². The van der Waals surface area contributed by atoms with Crippen LogP contribution in [0.25, 0.3) is 6.08 Å². The highest BCUT2D eigenvalue weighted by atomic mass is 19.1. The van der Waals surface area contributed by atoms with E-state index in [0.717, 1.165) is 24.4 Å². The van der Waals surface area contributed by atoms with Gasteiger partial charge in [-0.05, 0) is 75.1 Å². The van der Waals surface area contributed by atoms with Crippen LogP contribution >= 0.6 is 0 Å². The first-order chi connectivity index (χ1) is 20.5. The molecule has 1 N–H and O–H groups in total. The number of halogens is 1. The minimum Gasteiger partial charge on any atom is -0.457 e. The van der Waals surface area contributed by atoms with E-state index >= 15 is 0 Å². The topological polar surface area (TPSA) is 91.8 Å². The first-order valence-corrected chi connectivity index (χ1v) is 15.5. The third-order valence-electron chi connectivity index (χ3n) is 8.70. The van der Waals surface area contributed by atoms with Crippen molar-refractivity contribution in [3.8, 4) is 0 Å². The lowest BCUT2D eigenvalue weighted by Gasteiger charge is -2.35. The van der Waals surface area contributed by atoms with E-state index in [0.29, 0.717) is 51.3 Å². The number of nitrogens with zero attached hydrogens (tertiary/aromatic N) is 3. The molecule has 2 fully saturated rings. The van der Waals surface area contributed by atoms with Gasteiger partial charge in [0.2, 0.25) is 0 Å². The average Bonchev–Trinajstić information content (AvgIpc) is 2.96. The first kappa shape index (κ1) is 33.0. The second-order valence-corrected chi connectivity index (χ2v) is 12.5. The summed E-state index contributed by atoms with van der Waals surface area (Å²) in [5.74, 6) is -1.17. The number of aliphatic hydroxyl groups excluding tert-OH is 1. The number of carbonyl (C=O) groups excluding carboxylic acids is 2. The summed E-state index contributed by atoms with van der Waals surface area (Å²) in [6.07, 6.45) is 4.13. The van der Waals surface area contributed by atoms with Crippen LogP contribution in [0.5, 0.6) is 0 Å². The molecule has 4 rings (SSSR count). The summed E-state index contributed by atoms with van der Waals surface area (Å²) in [7, 11) is 2.03. The van der Waals surface area contributed by atoms with Crippen molar-refractivity contribution in [3.63, 3.8) is 0 Å². The number of morpholine rings is 1. The number of anilines is 1. The molecule has 0 radical (unpaired) electrons. The molecule has 3 aliphatic rings. The molecular formula is C33H48FN3O6. The van der Waals surface area contributed by atoms with Gasteiger partial charge in [0.15, 0.2) is 0 Å². The highest BCUT2D eigenvalue weighted by Gasteiger charge is 2.29. The van der Waals surface area contributed by atoms with Gasteiger partial charge in [-0.2, -0.15) is 0 Å². The maximum Gasteiger partial charge on any atom is 0.410 e. The number of carbonyl (C=O) groups is 2. The summed E-state index contributed by atoms with van der Waals surface area (Å²) in [5.41, 5.74) is 2.18. The number of likely N-dealkylation sites (N-methyl/N-ethyl adjacent to an activating group) is 1. The van der Waals surface area contributed by atoms with Crippen molar-refractivity contribution in [2.45, 2.75) is 71.3 Å². The van der Waals surface area contributed by atoms with E-state index in [9.17, 15) is 19.1 Å². The number of esters is 1. The van der Waals surface area contributed by atoms with Gasteiger partial charge in [0.25, 0.3) is 0 Å². The molecule has 1 aromatic rings. The molecular weight excluding hydrogens is 553 g/mol. The molecule has 43 heavy (non-hydrogen) atoms. The van der Waals surface area contributed by atoms with Crippen LogP contribution < -0.4 is 4.90 Å². The van der Waals surface area contributed by atoms with Crippen molar-refractivity contribution in [2.24, 2.45) is 11.8 Å². The van der Waals surface area contributed by atoms with Crippen LogP contribution in [0.1, 0.15) is 52.5 Å². The molecule has 3 heterocycles. The smallest absolute Gasteiger partial charge is 0.410 e. The van der Waals surface area contributed by atoms with Crippen molar-refractivity contribution in [1.29, 1.82) is 0 Å². The van der Waals surface area contributed by atoms with Gasteiger partial charge in [0, 0.05) is 50.4 Å². The molecule has 0 bridgehead atoms. The third-order valence-corrected chi connectivity index (χ3v) is 8.70. The van der Waals surface area contributed by atoms with E-state index in [1.54, 1.807) is 4.90 Å². The van der Waals surface area contributed by atoms with E-state index in [1.807, 2.05) is 59.0 Å². The minimum absolute atomic E-state index is 0.0617. The SMILES string of the molecule is C/C(=C\c1cc(F)cc(N2CCOC[C@H]2C)c1)[C@H]1OC(=O)C[C@H](O)CC[C@H](C)[C@@H](OC(=O)N2CCN(C)CC2)/C=C/[C@@H]1C. The number of ether oxygens (including phenoxy) is 3. The molecule has 6 atom stereocenters. The lowest BCUT2D eigenvalue weighted by molar-refractivity contribution is -0.151. The van der Waals surface area contributed by atoms with Gasteiger partial charge in [-0.1, -0.05) is 26.0 Å². The number of aliphatic hydroxyl groups is 1. The second kappa shape index (κ2) is 15.2. The standard InChI is InChI=1S/C33H48FN3O6/c1-22-6-8-29(38)20-31(39)43-32(23(2)7-9-30(22)42-33(40)36-12-10-35(5)11-13-36)24(3)16-26-17-27(34)19-28(18-26)37-14-15-41-21-25(37)4/h7,9,16-19,22-23,25,29-30,32,38H,6,8,10-15,20-21H2,1-5H3/b9-7+,24-16+/t22-,23-,25+,29+,30-,32-/m0/s1. The lowest BCUT2D eigenvalue weighted by atomic mass is 9.91. The molecule has 9 nitrogen and oxygen atoms in total. The number of amides is 1. The van der Waals surface area contributed by atoms with E-state index in [-0.39, 0.29) is 36.2 Å². The number of benzene rings is 1. The Hall–Kier alpha value is -2.95. The maximum atomic E-state index is 14.8. The van der Waals surface area contributed by atoms with E-state index in [4.69, 9.17) is 14.2 Å². The fourth-order valence-electron chi connectivity index (χ4n) is 5.93. The van der Waals surface area contributed by atoms with Crippen molar-refractivity contribution < 1.29 is 33.3 Å². The molecule has 238 valence electrons. The average molecular weight is 602 g/mol. The Balaban J connectivity index is 1.57. The molecule has 0 unspecified atom stereocenters. The Labute approximate surface area is 255 Å². The zero-order chi connectivity index (χ0) is 31.1. The van der Waals surface area contributed by atoms with Gasteiger partial charge in [0.05, 0.1) is 25.7 Å². The van der Waals surface area contributed by atoms with Crippen LogP contribution in [-0.4, -0.2) is 104 Å². The zero-order valence-electron chi connectivity index (χ0n) is 26.2. The van der Waals surface area contributed by atoms with Crippen LogP contribution in [0.3, 0.4) is 0 Å². The van der Waals surface area contributed by atoms with Gasteiger partial charge in [0.1, 0.15) is 18.0 Å². The second-order valence-electron chi connectivity index (χ2n) is 12.5. The minimum atomic E-state index is -0.867. The Bertz CT molecular complexity index is 1170. The van der Waals surface area contributed by atoms with Crippen molar-refractivity contribution in [2.75, 3.05) is 57.9 Å². The number of rotatable bonds is 4. The predicted octanol–water partition coefficient (Wildman–Crippen LogP) is 4.49. The molecule has 10 heteroatoms. The molecule has 1 aromatic carbocycles. The van der Waals surface area contributed by atoms with Gasteiger partial charge in [-0.25, -0.2) is 9.18 Å². The summed E-state index contributed by atoms with van der Waals surface area (Å²) >= 11 is 0. The van der Waals surface area contributed by atoms with Crippen LogP contribution in [0.4, 0.5) is 14.9 Å². The van der Waals surface area contributed by atoms with E-state index in [2.05, 4.69) is 9.80 Å². The Kier molecular flexibility index (Phi) is 11.6. The fourth-order valence-corrected chi connectivity index (χ4v) is 5.93. The van der Waals surface area contributed by atoms with Crippen LogP contribution in [0, 0.1) is 17.7 Å². The Morgan fingerprint density at radius 2 is 1.81 bits per heavy atom. The molecule has 3 aliphatic heterocycles. The molecule has 2 saturated heterocycles. The molecule has 0 aromatic heterocycles. The zero-order valence-corrected chi connectivity index (χ0v) is 26.2. The third kappa shape index (κ3) is 9.27. The van der Waals surface area contributed by atoms with Crippen LogP contribution in [0.15, 0.2) is 35.9 Å². The molecule has 0 spiro atoms.